The molecule has 1 N–H and O–H groups in total. The number of piperidine rings is 1. The summed E-state index contributed by atoms with van der Waals surface area (Å²) < 4.78 is 5.49. The van der Waals surface area contributed by atoms with Crippen LogP contribution in [0.2, 0.25) is 0 Å². The Morgan fingerprint density at radius 3 is 2.40 bits per heavy atom. The normalized spacial score (nSPS) is 18.8. The van der Waals surface area contributed by atoms with Gasteiger partial charge in [0.1, 0.15) is 5.60 Å². The Labute approximate surface area is 181 Å². The fraction of sp³-hybridized carbons (Fsp3) is 0.583. The van der Waals surface area contributed by atoms with Crippen molar-refractivity contribution in [2.75, 3.05) is 39.8 Å². The molecular formula is C24H36N4O2. The first-order valence-corrected chi connectivity index (χ1v) is 11.0. The molecule has 0 bridgehead atoms. The molecule has 1 amide bonds. The van der Waals surface area contributed by atoms with Crippen LogP contribution in [-0.4, -0.2) is 67.2 Å². The summed E-state index contributed by atoms with van der Waals surface area (Å²) in [5, 5.41) is 3.56. The van der Waals surface area contributed by atoms with Gasteiger partial charge in [0.15, 0.2) is 5.96 Å². The number of carbonyl (C=O) groups is 1. The van der Waals surface area contributed by atoms with Crippen molar-refractivity contribution in [3.05, 3.63) is 42.0 Å². The Hall–Kier alpha value is -2.50. The molecule has 0 spiro atoms. The van der Waals surface area contributed by atoms with E-state index in [1.54, 1.807) is 0 Å². The zero-order chi connectivity index (χ0) is 21.6. The van der Waals surface area contributed by atoms with Crippen LogP contribution in [0.15, 0.2) is 41.4 Å². The number of hydrogen-bond acceptors (Lipinski definition) is 3. The van der Waals surface area contributed by atoms with Gasteiger partial charge in [0.2, 0.25) is 0 Å². The largest absolute Gasteiger partial charge is 0.444 e. The maximum absolute atomic E-state index is 12.2. The van der Waals surface area contributed by atoms with E-state index in [-0.39, 0.29) is 6.09 Å². The van der Waals surface area contributed by atoms with Gasteiger partial charge in [-0.25, -0.2) is 4.79 Å². The maximum atomic E-state index is 12.2. The highest BCUT2D eigenvalue weighted by Crippen LogP contribution is 2.22. The van der Waals surface area contributed by atoms with E-state index >= 15 is 0 Å². The van der Waals surface area contributed by atoms with Gasteiger partial charge in [-0.15, -0.1) is 0 Å². The lowest BCUT2D eigenvalue weighted by Crippen LogP contribution is -2.47. The molecule has 3 rings (SSSR count). The number of nitrogens with zero attached hydrogens (tertiary/aromatic N) is 3. The molecule has 2 aliphatic heterocycles. The second-order valence-corrected chi connectivity index (χ2v) is 9.13. The molecule has 0 aromatic heterocycles. The smallest absolute Gasteiger partial charge is 0.410 e. The molecule has 1 aromatic rings. The summed E-state index contributed by atoms with van der Waals surface area (Å²) in [6.07, 6.45) is 5.12. The first-order valence-electron chi connectivity index (χ1n) is 11.0. The van der Waals surface area contributed by atoms with Crippen LogP contribution in [0.3, 0.4) is 0 Å². The van der Waals surface area contributed by atoms with E-state index < -0.39 is 5.60 Å². The maximum Gasteiger partial charge on any atom is 0.410 e. The Kier molecular flexibility index (Phi) is 7.40. The van der Waals surface area contributed by atoms with Crippen molar-refractivity contribution in [2.45, 2.75) is 45.6 Å². The zero-order valence-electron chi connectivity index (χ0n) is 18.9. The fourth-order valence-corrected chi connectivity index (χ4v) is 3.99. The molecule has 0 aliphatic carbocycles. The first-order chi connectivity index (χ1) is 14.4. The van der Waals surface area contributed by atoms with Crippen LogP contribution in [0.25, 0.3) is 5.57 Å². The third-order valence-corrected chi connectivity index (χ3v) is 5.68. The number of guanidine groups is 1. The average Bonchev–Trinajstić information content (AvgIpc) is 2.74. The van der Waals surface area contributed by atoms with Crippen LogP contribution in [-0.2, 0) is 4.74 Å². The van der Waals surface area contributed by atoms with Crippen molar-refractivity contribution in [1.82, 2.24) is 15.1 Å². The van der Waals surface area contributed by atoms with Crippen LogP contribution in [0.5, 0.6) is 0 Å². The van der Waals surface area contributed by atoms with Gasteiger partial charge in [0, 0.05) is 39.8 Å². The highest BCUT2D eigenvalue weighted by Gasteiger charge is 2.27. The summed E-state index contributed by atoms with van der Waals surface area (Å²) in [5.41, 5.74) is 2.29. The van der Waals surface area contributed by atoms with Crippen molar-refractivity contribution in [3.8, 4) is 0 Å². The lowest BCUT2D eigenvalue weighted by Gasteiger charge is -2.35. The van der Waals surface area contributed by atoms with Crippen molar-refractivity contribution in [1.29, 1.82) is 0 Å². The summed E-state index contributed by atoms with van der Waals surface area (Å²) in [6, 6.07) is 10.6. The topological polar surface area (TPSA) is 57.2 Å². The molecule has 0 radical (unpaired) electrons. The first kappa shape index (κ1) is 22.2. The van der Waals surface area contributed by atoms with E-state index in [1.165, 1.54) is 11.1 Å². The summed E-state index contributed by atoms with van der Waals surface area (Å²) in [4.78, 5) is 20.9. The van der Waals surface area contributed by atoms with Gasteiger partial charge >= 0.3 is 6.09 Å². The molecule has 0 unspecified atom stereocenters. The summed E-state index contributed by atoms with van der Waals surface area (Å²) in [5.74, 6) is 1.51. The van der Waals surface area contributed by atoms with Crippen molar-refractivity contribution >= 4 is 17.6 Å². The number of amides is 1. The third-order valence-electron chi connectivity index (χ3n) is 5.68. The number of benzene rings is 1. The quantitative estimate of drug-likeness (QED) is 0.602. The molecule has 164 valence electrons. The van der Waals surface area contributed by atoms with Gasteiger partial charge in [-0.1, -0.05) is 36.4 Å². The van der Waals surface area contributed by atoms with E-state index in [0.717, 1.165) is 57.9 Å². The van der Waals surface area contributed by atoms with E-state index in [4.69, 9.17) is 4.74 Å². The minimum absolute atomic E-state index is 0.195. The molecule has 0 saturated carbocycles. The van der Waals surface area contributed by atoms with E-state index in [0.29, 0.717) is 5.92 Å². The van der Waals surface area contributed by atoms with E-state index in [9.17, 15) is 4.79 Å². The van der Waals surface area contributed by atoms with Crippen molar-refractivity contribution in [3.63, 3.8) is 0 Å². The lowest BCUT2D eigenvalue weighted by molar-refractivity contribution is 0.0185. The number of hydrogen-bond donors (Lipinski definition) is 1. The van der Waals surface area contributed by atoms with Crippen LogP contribution in [0.4, 0.5) is 4.79 Å². The van der Waals surface area contributed by atoms with Crippen molar-refractivity contribution < 1.29 is 9.53 Å². The number of carbonyl (C=O) groups excluding carboxylic acids is 1. The second kappa shape index (κ2) is 10.0. The molecular weight excluding hydrogens is 376 g/mol. The molecule has 1 aromatic carbocycles. The molecule has 30 heavy (non-hydrogen) atoms. The summed E-state index contributed by atoms with van der Waals surface area (Å²) in [6.45, 7) is 9.97. The highest BCUT2D eigenvalue weighted by atomic mass is 16.6. The summed E-state index contributed by atoms with van der Waals surface area (Å²) >= 11 is 0. The SMILES string of the molecule is CN=C(NCC1CCN(C(=O)OC(C)(C)C)CC1)N1CC=C(c2ccccc2)CC1. The molecule has 2 aliphatic rings. The Balaban J connectivity index is 1.44. The molecule has 0 atom stereocenters. The molecule has 1 fully saturated rings. The minimum Gasteiger partial charge on any atom is -0.444 e. The van der Waals surface area contributed by atoms with Gasteiger partial charge in [-0.05, 0) is 57.1 Å². The third kappa shape index (κ3) is 6.25. The highest BCUT2D eigenvalue weighted by molar-refractivity contribution is 5.81. The lowest BCUT2D eigenvalue weighted by atomic mass is 9.97. The number of aliphatic imine (C=N–C) groups is 1. The van der Waals surface area contributed by atoms with Crippen LogP contribution in [0, 0.1) is 5.92 Å². The van der Waals surface area contributed by atoms with Gasteiger partial charge in [0.05, 0.1) is 0 Å². The predicted octanol–water partition coefficient (Wildman–Crippen LogP) is 4.00. The Morgan fingerprint density at radius 2 is 1.83 bits per heavy atom. The van der Waals surface area contributed by atoms with E-state index in [1.807, 2.05) is 32.7 Å². The van der Waals surface area contributed by atoms with Gasteiger partial charge in [0.25, 0.3) is 0 Å². The van der Waals surface area contributed by atoms with Gasteiger partial charge < -0.3 is 19.9 Å². The zero-order valence-corrected chi connectivity index (χ0v) is 18.9. The minimum atomic E-state index is -0.439. The van der Waals surface area contributed by atoms with E-state index in [2.05, 4.69) is 51.6 Å². The number of nitrogens with one attached hydrogen (secondary N) is 1. The van der Waals surface area contributed by atoms with Crippen LogP contribution < -0.4 is 5.32 Å². The number of ether oxygens (including phenoxy) is 1. The fourth-order valence-electron chi connectivity index (χ4n) is 3.99. The molecule has 2 heterocycles. The van der Waals surface area contributed by atoms with Crippen LogP contribution in [0.1, 0.15) is 45.6 Å². The molecule has 6 nitrogen and oxygen atoms in total. The Morgan fingerprint density at radius 1 is 1.13 bits per heavy atom. The molecule has 1 saturated heterocycles. The van der Waals surface area contributed by atoms with Gasteiger partial charge in [-0.2, -0.15) is 0 Å². The Bertz CT molecular complexity index is 759. The monoisotopic (exact) mass is 412 g/mol. The molecule has 6 heteroatoms. The van der Waals surface area contributed by atoms with Crippen molar-refractivity contribution in [2.24, 2.45) is 10.9 Å². The van der Waals surface area contributed by atoms with Gasteiger partial charge in [-0.3, -0.25) is 4.99 Å². The van der Waals surface area contributed by atoms with Crippen LogP contribution >= 0.6 is 0 Å². The predicted molar refractivity (Wildman–Crippen MR) is 123 cm³/mol. The number of likely N-dealkylation sites (tertiary alicyclic amines) is 1. The standard InChI is InChI=1S/C24H36N4O2/c1-24(2,3)30-23(29)28-14-10-19(11-15-28)18-26-22(25-4)27-16-12-21(13-17-27)20-8-6-5-7-9-20/h5-9,12,19H,10-11,13-18H2,1-4H3,(H,25,26). The summed E-state index contributed by atoms with van der Waals surface area (Å²) in [7, 11) is 1.85. The average molecular weight is 413 g/mol. The second-order valence-electron chi connectivity index (χ2n) is 9.13. The number of rotatable bonds is 3.